The second-order valence-corrected chi connectivity index (χ2v) is 9.57. The van der Waals surface area contributed by atoms with Crippen LogP contribution in [-0.4, -0.2) is 21.4 Å². The van der Waals surface area contributed by atoms with Crippen molar-refractivity contribution >= 4 is 0 Å². The fourth-order valence-electron chi connectivity index (χ4n) is 6.15. The van der Waals surface area contributed by atoms with Gasteiger partial charge in [-0.3, -0.25) is 0 Å². The average molecular weight is 306 g/mol. The van der Waals surface area contributed by atoms with Gasteiger partial charge in [-0.25, -0.2) is 0 Å². The highest BCUT2D eigenvalue weighted by molar-refractivity contribution is 5.15. The molecule has 2 N–H and O–H groups in total. The predicted octanol–water partition coefficient (Wildman–Crippen LogP) is 4.31. The highest BCUT2D eigenvalue weighted by atomic mass is 16.3. The van der Waals surface area contributed by atoms with E-state index in [4.69, 9.17) is 0 Å². The maximum absolute atomic E-state index is 10.9. The molecule has 0 aromatic heterocycles. The molecule has 3 aliphatic carbocycles. The van der Waals surface area contributed by atoms with E-state index in [1.54, 1.807) is 0 Å². The first-order chi connectivity index (χ1) is 10.0. The Labute approximate surface area is 136 Å². The van der Waals surface area contributed by atoms with E-state index in [0.717, 1.165) is 38.5 Å². The third-order valence-corrected chi connectivity index (χ3v) is 7.55. The normalized spacial score (nSPS) is 49.5. The molecule has 0 aromatic rings. The molecule has 3 saturated carbocycles. The number of hydrogen-bond donors (Lipinski definition) is 2. The van der Waals surface area contributed by atoms with E-state index in [-0.39, 0.29) is 5.41 Å². The number of rotatable bonds is 1. The van der Waals surface area contributed by atoms with E-state index in [1.165, 1.54) is 12.0 Å². The lowest BCUT2D eigenvalue weighted by Crippen LogP contribution is -2.42. The molecule has 0 amide bonds. The van der Waals surface area contributed by atoms with Crippen LogP contribution in [0.15, 0.2) is 12.2 Å². The van der Waals surface area contributed by atoms with E-state index in [1.807, 2.05) is 20.8 Å². The average Bonchev–Trinajstić information content (AvgIpc) is 2.84. The molecule has 3 aliphatic rings. The van der Waals surface area contributed by atoms with Crippen LogP contribution in [0, 0.1) is 29.1 Å². The summed E-state index contributed by atoms with van der Waals surface area (Å²) in [6.07, 6.45) is 7.67. The minimum absolute atomic E-state index is 0.266. The van der Waals surface area contributed by atoms with Gasteiger partial charge in [-0.05, 0) is 94.8 Å². The van der Waals surface area contributed by atoms with Gasteiger partial charge in [0.1, 0.15) is 0 Å². The third kappa shape index (κ3) is 2.57. The SMILES string of the molecule is C=C1CC[C@H]2[C@H](C(C)(C)O)CC[C@]2(C)C[C@H]2[C@H]1CC[C@]2(C)O. The van der Waals surface area contributed by atoms with E-state index in [9.17, 15) is 10.2 Å². The molecule has 2 heteroatoms. The Balaban J connectivity index is 1.92. The molecule has 3 fully saturated rings. The van der Waals surface area contributed by atoms with E-state index in [0.29, 0.717) is 23.7 Å². The predicted molar refractivity (Wildman–Crippen MR) is 90.4 cm³/mol. The Morgan fingerprint density at radius 1 is 1.09 bits per heavy atom. The first kappa shape index (κ1) is 16.5. The van der Waals surface area contributed by atoms with Crippen LogP contribution in [-0.2, 0) is 0 Å². The van der Waals surface area contributed by atoms with Crippen LogP contribution in [0.3, 0.4) is 0 Å². The molecule has 126 valence electrons. The van der Waals surface area contributed by atoms with Gasteiger partial charge in [0.05, 0.1) is 11.2 Å². The first-order valence-electron chi connectivity index (χ1n) is 9.17. The molecule has 0 unspecified atom stereocenters. The van der Waals surface area contributed by atoms with Gasteiger partial charge in [-0.1, -0.05) is 19.1 Å². The summed E-state index contributed by atoms with van der Waals surface area (Å²) < 4.78 is 0. The topological polar surface area (TPSA) is 40.5 Å². The van der Waals surface area contributed by atoms with Crippen molar-refractivity contribution in [3.05, 3.63) is 12.2 Å². The Bertz CT molecular complexity index is 459. The molecule has 0 radical (unpaired) electrons. The molecule has 22 heavy (non-hydrogen) atoms. The molecule has 0 bridgehead atoms. The standard InChI is InChI=1S/C20H34O2/c1-13-6-7-16-15(18(2,3)21)9-10-19(16,4)12-17-14(13)8-11-20(17,5)22/h14-17,21-22H,1,6-12H2,2-5H3/t14-,15+,16-,17-,19+,20-/m0/s1. The lowest BCUT2D eigenvalue weighted by atomic mass is 9.61. The molecule has 0 aliphatic heterocycles. The van der Waals surface area contributed by atoms with Crippen LogP contribution >= 0.6 is 0 Å². The van der Waals surface area contributed by atoms with Crippen molar-refractivity contribution in [3.63, 3.8) is 0 Å². The van der Waals surface area contributed by atoms with Crippen LogP contribution in [0.5, 0.6) is 0 Å². The van der Waals surface area contributed by atoms with Gasteiger partial charge in [0.15, 0.2) is 0 Å². The van der Waals surface area contributed by atoms with Crippen molar-refractivity contribution in [1.29, 1.82) is 0 Å². The van der Waals surface area contributed by atoms with Crippen LogP contribution in [0.2, 0.25) is 0 Å². The van der Waals surface area contributed by atoms with Gasteiger partial charge in [-0.2, -0.15) is 0 Å². The van der Waals surface area contributed by atoms with Crippen molar-refractivity contribution in [2.24, 2.45) is 29.1 Å². The van der Waals surface area contributed by atoms with E-state index < -0.39 is 11.2 Å². The van der Waals surface area contributed by atoms with Crippen molar-refractivity contribution < 1.29 is 10.2 Å². The van der Waals surface area contributed by atoms with Crippen molar-refractivity contribution in [3.8, 4) is 0 Å². The van der Waals surface area contributed by atoms with Crippen LogP contribution < -0.4 is 0 Å². The molecule has 0 heterocycles. The summed E-state index contributed by atoms with van der Waals surface area (Å²) in [7, 11) is 0. The highest BCUT2D eigenvalue weighted by Crippen LogP contribution is 2.61. The van der Waals surface area contributed by atoms with Crippen LogP contribution in [0.1, 0.15) is 72.6 Å². The van der Waals surface area contributed by atoms with Gasteiger partial charge in [0.25, 0.3) is 0 Å². The summed E-state index contributed by atoms with van der Waals surface area (Å²) in [5, 5.41) is 21.5. The van der Waals surface area contributed by atoms with Crippen LogP contribution in [0.25, 0.3) is 0 Å². The number of allylic oxidation sites excluding steroid dienone is 1. The van der Waals surface area contributed by atoms with Gasteiger partial charge in [0, 0.05) is 0 Å². The summed E-state index contributed by atoms with van der Waals surface area (Å²) >= 11 is 0. The molecule has 2 nitrogen and oxygen atoms in total. The number of aliphatic hydroxyl groups is 2. The zero-order valence-electron chi connectivity index (χ0n) is 14.9. The van der Waals surface area contributed by atoms with Gasteiger partial charge < -0.3 is 10.2 Å². The minimum atomic E-state index is -0.597. The quantitative estimate of drug-likeness (QED) is 0.709. The largest absolute Gasteiger partial charge is 0.390 e. The fourth-order valence-corrected chi connectivity index (χ4v) is 6.15. The first-order valence-corrected chi connectivity index (χ1v) is 9.17. The second-order valence-electron chi connectivity index (χ2n) is 9.57. The Hall–Kier alpha value is -0.340. The Morgan fingerprint density at radius 3 is 2.41 bits per heavy atom. The Kier molecular flexibility index (Phi) is 3.81. The minimum Gasteiger partial charge on any atom is -0.390 e. The molecule has 3 rings (SSSR count). The molecule has 0 spiro atoms. The van der Waals surface area contributed by atoms with Gasteiger partial charge in [-0.15, -0.1) is 0 Å². The summed E-state index contributed by atoms with van der Waals surface area (Å²) in [6.45, 7) is 12.8. The van der Waals surface area contributed by atoms with E-state index in [2.05, 4.69) is 13.5 Å². The zero-order chi connectivity index (χ0) is 16.3. The second kappa shape index (κ2) is 5.08. The molecular formula is C20H34O2. The van der Waals surface area contributed by atoms with Crippen LogP contribution in [0.4, 0.5) is 0 Å². The lowest BCUT2D eigenvalue weighted by Gasteiger charge is -2.45. The molecule has 0 aromatic carbocycles. The summed E-state index contributed by atoms with van der Waals surface area (Å²) in [6, 6.07) is 0. The maximum atomic E-state index is 10.9. The summed E-state index contributed by atoms with van der Waals surface area (Å²) in [5.74, 6) is 1.80. The smallest absolute Gasteiger partial charge is 0.0653 e. The number of hydrogen-bond acceptors (Lipinski definition) is 2. The fraction of sp³-hybridized carbons (Fsp3) is 0.900. The highest BCUT2D eigenvalue weighted by Gasteiger charge is 2.55. The van der Waals surface area contributed by atoms with Crippen molar-refractivity contribution in [1.82, 2.24) is 0 Å². The van der Waals surface area contributed by atoms with Gasteiger partial charge in [0.2, 0.25) is 0 Å². The maximum Gasteiger partial charge on any atom is 0.0653 e. The monoisotopic (exact) mass is 306 g/mol. The Morgan fingerprint density at radius 2 is 1.77 bits per heavy atom. The summed E-state index contributed by atoms with van der Waals surface area (Å²) in [4.78, 5) is 0. The van der Waals surface area contributed by atoms with Crippen molar-refractivity contribution in [2.45, 2.75) is 83.8 Å². The molecular weight excluding hydrogens is 272 g/mol. The summed E-state index contributed by atoms with van der Waals surface area (Å²) in [5.41, 5.74) is 0.486. The van der Waals surface area contributed by atoms with E-state index >= 15 is 0 Å². The number of fused-ring (bicyclic) bond motifs is 2. The molecule has 0 saturated heterocycles. The zero-order valence-corrected chi connectivity index (χ0v) is 14.9. The van der Waals surface area contributed by atoms with Crippen molar-refractivity contribution in [2.75, 3.05) is 0 Å². The third-order valence-electron chi connectivity index (χ3n) is 7.55. The van der Waals surface area contributed by atoms with Gasteiger partial charge >= 0.3 is 0 Å². The molecule has 6 atom stereocenters. The lowest BCUT2D eigenvalue weighted by molar-refractivity contribution is -0.0433.